The summed E-state index contributed by atoms with van der Waals surface area (Å²) in [4.78, 5) is 19.5. The second-order valence-corrected chi connectivity index (χ2v) is 7.66. The molecule has 1 N–H and O–H groups in total. The Morgan fingerprint density at radius 2 is 1.57 bits per heavy atom. The number of carbonyl (C=O) groups excluding carboxylic acids is 1. The molecule has 2 aromatic rings. The van der Waals surface area contributed by atoms with Crippen molar-refractivity contribution in [1.82, 2.24) is 5.06 Å². The van der Waals surface area contributed by atoms with Crippen molar-refractivity contribution in [2.24, 2.45) is 0 Å². The number of aliphatic hydroxyl groups is 1. The minimum absolute atomic E-state index is 0.0376. The van der Waals surface area contributed by atoms with Crippen LogP contribution in [0.25, 0.3) is 0 Å². The Balaban J connectivity index is 1.78. The number of fused-ring (bicyclic) bond motifs is 1. The molecule has 0 aromatic heterocycles. The number of nitrogens with zero attached hydrogens (tertiary/aromatic N) is 1. The molecule has 4 nitrogen and oxygen atoms in total. The van der Waals surface area contributed by atoms with Gasteiger partial charge in [-0.1, -0.05) is 72.8 Å². The van der Waals surface area contributed by atoms with Gasteiger partial charge in [0.25, 0.3) is 0 Å². The Kier molecular flexibility index (Phi) is 4.48. The van der Waals surface area contributed by atoms with Gasteiger partial charge in [-0.3, -0.25) is 9.63 Å². The minimum Gasteiger partial charge on any atom is -0.388 e. The van der Waals surface area contributed by atoms with Crippen LogP contribution < -0.4 is 0 Å². The molecule has 1 amide bonds. The first-order chi connectivity index (χ1) is 13.4. The van der Waals surface area contributed by atoms with Gasteiger partial charge >= 0.3 is 0 Å². The topological polar surface area (TPSA) is 49.8 Å². The number of hydroxylamine groups is 2. The summed E-state index contributed by atoms with van der Waals surface area (Å²) in [6.07, 6.45) is 6.15. The van der Waals surface area contributed by atoms with Gasteiger partial charge in [0.2, 0.25) is 5.91 Å². The molecule has 1 atom stereocenters. The van der Waals surface area contributed by atoms with Gasteiger partial charge in [-0.2, -0.15) is 0 Å². The van der Waals surface area contributed by atoms with Crippen LogP contribution >= 0.6 is 0 Å². The first-order valence-corrected chi connectivity index (χ1v) is 9.62. The molecule has 3 aliphatic rings. The number of rotatable bonds is 4. The Hall–Kier alpha value is -2.69. The molecule has 0 saturated carbocycles. The molecule has 0 radical (unpaired) electrons. The van der Waals surface area contributed by atoms with Crippen molar-refractivity contribution in [2.75, 3.05) is 0 Å². The van der Waals surface area contributed by atoms with Gasteiger partial charge in [0.1, 0.15) is 11.1 Å². The zero-order valence-electron chi connectivity index (χ0n) is 16.4. The predicted molar refractivity (Wildman–Crippen MR) is 108 cm³/mol. The van der Waals surface area contributed by atoms with Crippen LogP contribution in [-0.4, -0.2) is 22.2 Å². The molecule has 2 aromatic carbocycles. The fourth-order valence-electron chi connectivity index (χ4n) is 4.46. The molecule has 4 heteroatoms. The van der Waals surface area contributed by atoms with Crippen molar-refractivity contribution in [2.45, 2.75) is 44.4 Å². The molecule has 1 aliphatic carbocycles. The summed E-state index contributed by atoms with van der Waals surface area (Å²) in [5.74, 6) is -0.240. The van der Waals surface area contributed by atoms with Crippen molar-refractivity contribution in [1.29, 1.82) is 0 Å². The number of hydrogen-bond acceptors (Lipinski definition) is 3. The summed E-state index contributed by atoms with van der Waals surface area (Å²) in [6.45, 7) is 5.92. The van der Waals surface area contributed by atoms with Crippen molar-refractivity contribution in [3.05, 3.63) is 95.1 Å². The summed E-state index contributed by atoms with van der Waals surface area (Å²) in [5.41, 5.74) is 2.80. The van der Waals surface area contributed by atoms with Crippen LogP contribution in [0.1, 0.15) is 49.4 Å². The van der Waals surface area contributed by atoms with Gasteiger partial charge < -0.3 is 5.11 Å². The number of allylic oxidation sites excluding steroid dienone is 3. The van der Waals surface area contributed by atoms with Crippen LogP contribution in [0, 0.1) is 0 Å². The molecule has 0 fully saturated rings. The van der Waals surface area contributed by atoms with E-state index >= 15 is 0 Å². The highest BCUT2D eigenvalue weighted by Gasteiger charge is 2.58. The molecule has 2 aliphatic heterocycles. The van der Waals surface area contributed by atoms with Gasteiger partial charge in [-0.05, 0) is 43.0 Å². The Labute approximate surface area is 165 Å². The predicted octanol–water partition coefficient (Wildman–Crippen LogP) is 4.18. The summed E-state index contributed by atoms with van der Waals surface area (Å²) in [6, 6.07) is 16.3. The number of aliphatic hydroxyl groups excluding tert-OH is 1. The number of carbonyl (C=O) groups is 1. The Bertz CT molecular complexity index is 928. The van der Waals surface area contributed by atoms with E-state index in [0.717, 1.165) is 22.3 Å². The van der Waals surface area contributed by atoms with E-state index in [1.807, 2.05) is 57.2 Å². The lowest BCUT2D eigenvalue weighted by Gasteiger charge is -2.57. The first kappa shape index (κ1) is 18.7. The van der Waals surface area contributed by atoms with E-state index in [9.17, 15) is 9.90 Å². The monoisotopic (exact) mass is 375 g/mol. The molecule has 144 valence electrons. The highest BCUT2D eigenvalue weighted by atomic mass is 16.7. The second kappa shape index (κ2) is 6.73. The maximum absolute atomic E-state index is 13.2. The Morgan fingerprint density at radius 3 is 2.11 bits per heavy atom. The quantitative estimate of drug-likeness (QED) is 0.816. The molecule has 2 bridgehead atoms. The van der Waals surface area contributed by atoms with E-state index in [1.165, 1.54) is 5.06 Å². The van der Waals surface area contributed by atoms with Crippen LogP contribution in [0.15, 0.2) is 72.8 Å². The van der Waals surface area contributed by atoms with Crippen molar-refractivity contribution < 1.29 is 14.7 Å². The number of hydrogen-bond donors (Lipinski definition) is 1. The lowest BCUT2D eigenvalue weighted by atomic mass is 9.65. The van der Waals surface area contributed by atoms with Crippen LogP contribution in [0.2, 0.25) is 0 Å². The van der Waals surface area contributed by atoms with Gasteiger partial charge in [-0.15, -0.1) is 0 Å². The summed E-state index contributed by atoms with van der Waals surface area (Å²) < 4.78 is 0. The maximum Gasteiger partial charge on any atom is 0.250 e. The zero-order valence-corrected chi connectivity index (χ0v) is 16.4. The SMILES string of the molecule is CC=CC=CC(O)CC(=O)N1OC2(C)c3ccccc3C1(C)c1ccccc12. The normalized spacial score (nSPS) is 26.5. The second-order valence-electron chi connectivity index (χ2n) is 7.66. The molecule has 5 rings (SSSR count). The highest BCUT2D eigenvalue weighted by Crippen LogP contribution is 2.57. The maximum atomic E-state index is 13.2. The van der Waals surface area contributed by atoms with Crippen molar-refractivity contribution in [3.8, 4) is 0 Å². The van der Waals surface area contributed by atoms with Crippen LogP contribution in [0.3, 0.4) is 0 Å². The van der Waals surface area contributed by atoms with E-state index in [4.69, 9.17) is 4.84 Å². The molecule has 0 saturated heterocycles. The Morgan fingerprint density at radius 1 is 1.04 bits per heavy atom. The highest BCUT2D eigenvalue weighted by molar-refractivity contribution is 5.79. The van der Waals surface area contributed by atoms with Crippen LogP contribution in [0.4, 0.5) is 0 Å². The minimum atomic E-state index is -0.866. The lowest BCUT2D eigenvalue weighted by molar-refractivity contribution is -0.283. The molecule has 0 spiro atoms. The third kappa shape index (κ3) is 2.56. The average Bonchev–Trinajstić information content (AvgIpc) is 2.70. The third-order valence-corrected chi connectivity index (χ3v) is 5.86. The van der Waals surface area contributed by atoms with Crippen LogP contribution in [0.5, 0.6) is 0 Å². The van der Waals surface area contributed by atoms with Gasteiger partial charge in [0.05, 0.1) is 12.5 Å². The largest absolute Gasteiger partial charge is 0.388 e. The molecule has 28 heavy (non-hydrogen) atoms. The molecule has 2 heterocycles. The van der Waals surface area contributed by atoms with E-state index in [2.05, 4.69) is 24.3 Å². The van der Waals surface area contributed by atoms with Gasteiger partial charge in [0, 0.05) is 0 Å². The fourth-order valence-corrected chi connectivity index (χ4v) is 4.46. The van der Waals surface area contributed by atoms with E-state index in [-0.39, 0.29) is 12.3 Å². The lowest BCUT2D eigenvalue weighted by Crippen LogP contribution is -2.61. The summed E-state index contributed by atoms with van der Waals surface area (Å²) in [7, 11) is 0. The molecular formula is C24H25NO3. The van der Waals surface area contributed by atoms with Gasteiger partial charge in [-0.25, -0.2) is 5.06 Å². The summed E-state index contributed by atoms with van der Waals surface area (Å²) >= 11 is 0. The number of benzene rings is 2. The fraction of sp³-hybridized carbons (Fsp3) is 0.292. The standard InChI is InChI=1S/C24H25NO3/c1-4-5-6-11-17(26)16-22(27)25-23(2)18-12-7-9-14-20(18)24(3,28-25)21-15-10-8-13-19(21)23/h4-15,17,26H,16H2,1-3H3. The van der Waals surface area contributed by atoms with E-state index in [0.29, 0.717) is 0 Å². The van der Waals surface area contributed by atoms with Crippen LogP contribution in [-0.2, 0) is 20.8 Å². The smallest absolute Gasteiger partial charge is 0.250 e. The van der Waals surface area contributed by atoms with E-state index < -0.39 is 17.2 Å². The summed E-state index contributed by atoms with van der Waals surface area (Å²) in [5, 5.41) is 11.7. The first-order valence-electron chi connectivity index (χ1n) is 9.62. The third-order valence-electron chi connectivity index (χ3n) is 5.86. The van der Waals surface area contributed by atoms with E-state index in [1.54, 1.807) is 12.2 Å². The molecule has 1 unspecified atom stereocenters. The average molecular weight is 375 g/mol. The molecular weight excluding hydrogens is 350 g/mol. The number of amides is 1. The van der Waals surface area contributed by atoms with Crippen molar-refractivity contribution >= 4 is 5.91 Å². The van der Waals surface area contributed by atoms with Crippen molar-refractivity contribution in [3.63, 3.8) is 0 Å². The van der Waals surface area contributed by atoms with Gasteiger partial charge in [0.15, 0.2) is 0 Å². The zero-order chi connectivity index (χ0) is 19.9.